The molecule has 4 heteroatoms. The lowest BCUT2D eigenvalue weighted by Crippen LogP contribution is -2.02. The van der Waals surface area contributed by atoms with Gasteiger partial charge in [-0.25, -0.2) is 0 Å². The van der Waals surface area contributed by atoms with Crippen LogP contribution in [0.15, 0.2) is 18.5 Å². The van der Waals surface area contributed by atoms with Gasteiger partial charge in [0.05, 0.1) is 16.4 Å². The van der Waals surface area contributed by atoms with Gasteiger partial charge in [0.15, 0.2) is 5.75 Å². The molecule has 0 aliphatic carbocycles. The van der Waals surface area contributed by atoms with E-state index in [4.69, 9.17) is 9.84 Å². The van der Waals surface area contributed by atoms with Crippen molar-refractivity contribution in [1.29, 1.82) is 0 Å². The lowest BCUT2D eigenvalue weighted by atomic mass is 10.5. The molecule has 3 nitrogen and oxygen atoms in total. The monoisotopic (exact) mass is 265 g/mol. The number of hydrogen-bond acceptors (Lipinski definition) is 3. The maximum atomic E-state index is 8.47. The van der Waals surface area contributed by atoms with Gasteiger partial charge in [0, 0.05) is 6.20 Å². The Morgan fingerprint density at radius 2 is 2.45 bits per heavy atom. The summed E-state index contributed by atoms with van der Waals surface area (Å²) < 4.78 is 6.17. The first-order valence-corrected chi connectivity index (χ1v) is 4.25. The second-order valence-corrected chi connectivity index (χ2v) is 3.04. The fourth-order valence-corrected chi connectivity index (χ4v) is 1.08. The van der Waals surface area contributed by atoms with Crippen molar-refractivity contribution < 1.29 is 9.84 Å². The average molecular weight is 265 g/mol. The van der Waals surface area contributed by atoms with Crippen molar-refractivity contribution in [3.05, 3.63) is 22.0 Å². The molecule has 0 saturated carbocycles. The molecule has 0 aliphatic heterocycles. The van der Waals surface area contributed by atoms with Gasteiger partial charge in [0.2, 0.25) is 0 Å². The van der Waals surface area contributed by atoms with Crippen LogP contribution in [0.1, 0.15) is 0 Å². The van der Waals surface area contributed by atoms with Crippen LogP contribution in [0.2, 0.25) is 0 Å². The quantitative estimate of drug-likeness (QED) is 0.831. The molecule has 0 saturated heterocycles. The molecule has 0 radical (unpaired) electrons. The smallest absolute Gasteiger partial charge is 0.151 e. The van der Waals surface area contributed by atoms with E-state index in [-0.39, 0.29) is 6.61 Å². The van der Waals surface area contributed by atoms with E-state index < -0.39 is 0 Å². The summed E-state index contributed by atoms with van der Waals surface area (Å²) >= 11 is 2.15. The number of aliphatic hydroxyl groups is 1. The Balaban J connectivity index is 2.62. The van der Waals surface area contributed by atoms with Crippen molar-refractivity contribution in [2.45, 2.75) is 0 Å². The van der Waals surface area contributed by atoms with Crippen LogP contribution in [0.25, 0.3) is 0 Å². The van der Waals surface area contributed by atoms with E-state index in [2.05, 4.69) is 27.6 Å². The number of hydrogen-bond donors (Lipinski definition) is 1. The highest BCUT2D eigenvalue weighted by Gasteiger charge is 1.97. The normalized spacial score (nSPS) is 9.64. The van der Waals surface area contributed by atoms with E-state index in [1.807, 2.05) is 6.07 Å². The van der Waals surface area contributed by atoms with E-state index in [1.54, 1.807) is 12.4 Å². The van der Waals surface area contributed by atoms with Crippen LogP contribution in [0.4, 0.5) is 0 Å². The van der Waals surface area contributed by atoms with Gasteiger partial charge in [0.25, 0.3) is 0 Å². The second-order valence-electron chi connectivity index (χ2n) is 1.88. The molecule has 1 rings (SSSR count). The van der Waals surface area contributed by atoms with Crippen molar-refractivity contribution in [1.82, 2.24) is 4.98 Å². The fourth-order valence-electron chi connectivity index (χ4n) is 0.625. The summed E-state index contributed by atoms with van der Waals surface area (Å²) in [6.07, 6.45) is 3.34. The Bertz CT molecular complexity index is 229. The summed E-state index contributed by atoms with van der Waals surface area (Å²) in [5.74, 6) is 0.724. The van der Waals surface area contributed by atoms with Crippen LogP contribution in [0.5, 0.6) is 5.75 Å². The minimum absolute atomic E-state index is 0.0327. The largest absolute Gasteiger partial charge is 0.488 e. The van der Waals surface area contributed by atoms with Gasteiger partial charge in [-0.15, -0.1) is 0 Å². The molecule has 1 aromatic rings. The molecule has 0 amide bonds. The molecule has 0 aromatic carbocycles. The van der Waals surface area contributed by atoms with Crippen LogP contribution >= 0.6 is 22.6 Å². The molecular formula is C7H8INO2. The average Bonchev–Trinajstić information content (AvgIpc) is 2.03. The SMILES string of the molecule is OCCOc1cnccc1I. The highest BCUT2D eigenvalue weighted by atomic mass is 127. The van der Waals surface area contributed by atoms with E-state index in [0.717, 1.165) is 9.32 Å². The molecule has 1 N–H and O–H groups in total. The lowest BCUT2D eigenvalue weighted by molar-refractivity contribution is 0.200. The molecule has 11 heavy (non-hydrogen) atoms. The first-order chi connectivity index (χ1) is 5.34. The third-order valence-electron chi connectivity index (χ3n) is 1.08. The van der Waals surface area contributed by atoms with Crippen LogP contribution in [-0.2, 0) is 0 Å². The lowest BCUT2D eigenvalue weighted by Gasteiger charge is -2.04. The van der Waals surface area contributed by atoms with Crippen molar-refractivity contribution in [2.24, 2.45) is 0 Å². The van der Waals surface area contributed by atoms with Crippen LogP contribution in [0, 0.1) is 3.57 Å². The Kier molecular flexibility index (Phi) is 3.58. The second kappa shape index (κ2) is 4.50. The van der Waals surface area contributed by atoms with Gasteiger partial charge in [0.1, 0.15) is 6.61 Å². The first-order valence-electron chi connectivity index (χ1n) is 3.18. The van der Waals surface area contributed by atoms with E-state index in [9.17, 15) is 0 Å². The van der Waals surface area contributed by atoms with E-state index >= 15 is 0 Å². The van der Waals surface area contributed by atoms with Crippen molar-refractivity contribution in [3.8, 4) is 5.75 Å². The van der Waals surface area contributed by atoms with E-state index in [1.165, 1.54) is 0 Å². The third-order valence-corrected chi connectivity index (χ3v) is 1.97. The minimum Gasteiger partial charge on any atom is -0.488 e. The number of aliphatic hydroxyl groups excluding tert-OH is 1. The number of nitrogens with zero attached hydrogens (tertiary/aromatic N) is 1. The van der Waals surface area contributed by atoms with Crippen LogP contribution in [-0.4, -0.2) is 23.3 Å². The molecule has 1 heterocycles. The number of rotatable bonds is 3. The zero-order valence-corrected chi connectivity index (χ0v) is 7.98. The Labute approximate surface area is 78.6 Å². The summed E-state index contributed by atoms with van der Waals surface area (Å²) in [6, 6.07) is 1.85. The zero-order chi connectivity index (χ0) is 8.10. The number of aromatic nitrogens is 1. The molecule has 0 aliphatic rings. The van der Waals surface area contributed by atoms with Crippen LogP contribution in [0.3, 0.4) is 0 Å². The first kappa shape index (κ1) is 8.73. The van der Waals surface area contributed by atoms with Gasteiger partial charge < -0.3 is 9.84 Å². The molecule has 0 unspecified atom stereocenters. The fraction of sp³-hybridized carbons (Fsp3) is 0.286. The molecule has 60 valence electrons. The minimum atomic E-state index is 0.0327. The van der Waals surface area contributed by atoms with Crippen molar-refractivity contribution in [3.63, 3.8) is 0 Å². The highest BCUT2D eigenvalue weighted by molar-refractivity contribution is 14.1. The van der Waals surface area contributed by atoms with Gasteiger partial charge >= 0.3 is 0 Å². The van der Waals surface area contributed by atoms with Gasteiger partial charge in [-0.1, -0.05) is 0 Å². The Morgan fingerprint density at radius 1 is 1.64 bits per heavy atom. The van der Waals surface area contributed by atoms with Gasteiger partial charge in [-0.3, -0.25) is 4.98 Å². The third kappa shape index (κ3) is 2.63. The molecule has 0 spiro atoms. The predicted octanol–water partition coefficient (Wildman–Crippen LogP) is 1.06. The van der Waals surface area contributed by atoms with Crippen molar-refractivity contribution >= 4 is 22.6 Å². The highest BCUT2D eigenvalue weighted by Crippen LogP contribution is 2.17. The molecule has 0 fully saturated rings. The summed E-state index contributed by atoms with van der Waals surface area (Å²) in [4.78, 5) is 3.89. The maximum absolute atomic E-state index is 8.47. The zero-order valence-electron chi connectivity index (χ0n) is 5.83. The summed E-state index contributed by atoms with van der Waals surface area (Å²) in [5, 5.41) is 8.47. The van der Waals surface area contributed by atoms with Crippen molar-refractivity contribution in [2.75, 3.05) is 13.2 Å². The maximum Gasteiger partial charge on any atom is 0.151 e. The summed E-state index contributed by atoms with van der Waals surface area (Å²) in [5.41, 5.74) is 0. The molecule has 0 atom stereocenters. The van der Waals surface area contributed by atoms with E-state index in [0.29, 0.717) is 6.61 Å². The van der Waals surface area contributed by atoms with Gasteiger partial charge in [-0.05, 0) is 28.7 Å². The number of halogens is 1. The molecule has 1 aromatic heterocycles. The summed E-state index contributed by atoms with van der Waals surface area (Å²) in [7, 11) is 0. The number of pyridine rings is 1. The standard InChI is InChI=1S/C7H8INO2/c8-6-1-2-9-5-7(6)11-4-3-10/h1-2,5,10H,3-4H2. The Hall–Kier alpha value is -0.360. The topological polar surface area (TPSA) is 42.4 Å². The summed E-state index contributed by atoms with van der Waals surface area (Å²) in [6.45, 7) is 0.354. The molecule has 0 bridgehead atoms. The van der Waals surface area contributed by atoms with Crippen LogP contribution < -0.4 is 4.74 Å². The number of ether oxygens (including phenoxy) is 1. The Morgan fingerprint density at radius 3 is 3.09 bits per heavy atom. The molecular weight excluding hydrogens is 257 g/mol. The predicted molar refractivity (Wildman–Crippen MR) is 49.5 cm³/mol. The van der Waals surface area contributed by atoms with Gasteiger partial charge in [-0.2, -0.15) is 0 Å².